The van der Waals surface area contributed by atoms with Crippen LogP contribution in [0.25, 0.3) is 0 Å². The predicted molar refractivity (Wildman–Crippen MR) is 105 cm³/mol. The number of benzene rings is 2. The van der Waals surface area contributed by atoms with Crippen LogP contribution in [0, 0.1) is 6.92 Å². The lowest BCUT2D eigenvalue weighted by molar-refractivity contribution is 0.0684. The molecule has 0 aliphatic rings. The maximum absolute atomic E-state index is 11.7. The van der Waals surface area contributed by atoms with E-state index in [-0.39, 0.29) is 5.69 Å². The maximum atomic E-state index is 11.7. The van der Waals surface area contributed by atoms with Gasteiger partial charge >= 0.3 is 5.97 Å². The second-order valence-corrected chi connectivity index (χ2v) is 7.52. The van der Waals surface area contributed by atoms with Gasteiger partial charge in [-0.25, -0.2) is 9.78 Å². The largest absolute Gasteiger partial charge is 0.477 e. The highest BCUT2D eigenvalue weighted by Crippen LogP contribution is 2.28. The normalized spacial score (nSPS) is 10.9. The SMILES string of the molecule is Cc1nc(SCc2ccccc2)n(Cc2cc(Cl)ccc2Cl)c1C(=O)O. The van der Waals surface area contributed by atoms with Gasteiger partial charge < -0.3 is 9.67 Å². The van der Waals surface area contributed by atoms with Crippen molar-refractivity contribution in [2.75, 3.05) is 0 Å². The van der Waals surface area contributed by atoms with Crippen molar-refractivity contribution in [3.05, 3.63) is 81.1 Å². The van der Waals surface area contributed by atoms with Gasteiger partial charge in [0.15, 0.2) is 10.9 Å². The third-order valence-corrected chi connectivity index (χ3v) is 5.51. The first-order valence-electron chi connectivity index (χ1n) is 7.86. The summed E-state index contributed by atoms with van der Waals surface area (Å²) in [5.74, 6) is -0.320. The number of nitrogens with zero attached hydrogens (tertiary/aromatic N) is 2. The Labute approximate surface area is 165 Å². The molecule has 0 fully saturated rings. The Morgan fingerprint density at radius 3 is 2.62 bits per heavy atom. The molecule has 4 nitrogen and oxygen atoms in total. The summed E-state index contributed by atoms with van der Waals surface area (Å²) in [5, 5.41) is 11.3. The molecule has 0 bridgehead atoms. The van der Waals surface area contributed by atoms with Gasteiger partial charge in [0.25, 0.3) is 0 Å². The van der Waals surface area contributed by atoms with Gasteiger partial charge in [0.05, 0.1) is 12.2 Å². The first-order valence-corrected chi connectivity index (χ1v) is 9.61. The molecule has 0 atom stereocenters. The Morgan fingerprint density at radius 2 is 1.92 bits per heavy atom. The van der Waals surface area contributed by atoms with Crippen LogP contribution in [0.4, 0.5) is 0 Å². The van der Waals surface area contributed by atoms with Gasteiger partial charge in [-0.1, -0.05) is 65.3 Å². The van der Waals surface area contributed by atoms with Crippen molar-refractivity contribution in [1.29, 1.82) is 0 Å². The van der Waals surface area contributed by atoms with Crippen molar-refractivity contribution in [2.24, 2.45) is 0 Å². The van der Waals surface area contributed by atoms with Crippen LogP contribution in [0.5, 0.6) is 0 Å². The number of aromatic nitrogens is 2. The first-order chi connectivity index (χ1) is 12.5. The van der Waals surface area contributed by atoms with Crippen molar-refractivity contribution in [1.82, 2.24) is 9.55 Å². The van der Waals surface area contributed by atoms with Crippen LogP contribution in [-0.4, -0.2) is 20.6 Å². The highest BCUT2D eigenvalue weighted by molar-refractivity contribution is 7.98. The number of aromatic carboxylic acids is 1. The molecule has 1 aromatic heterocycles. The number of carboxylic acids is 1. The zero-order chi connectivity index (χ0) is 18.7. The molecular formula is C19H16Cl2N2O2S. The van der Waals surface area contributed by atoms with Crippen molar-refractivity contribution in [3.8, 4) is 0 Å². The van der Waals surface area contributed by atoms with E-state index in [0.717, 1.165) is 11.1 Å². The van der Waals surface area contributed by atoms with Gasteiger partial charge in [-0.2, -0.15) is 0 Å². The number of imidazole rings is 1. The number of halogens is 2. The second-order valence-electron chi connectivity index (χ2n) is 5.73. The molecule has 7 heteroatoms. The lowest BCUT2D eigenvalue weighted by Gasteiger charge is -2.12. The van der Waals surface area contributed by atoms with E-state index >= 15 is 0 Å². The average molecular weight is 407 g/mol. The van der Waals surface area contributed by atoms with E-state index in [4.69, 9.17) is 23.2 Å². The molecular weight excluding hydrogens is 391 g/mol. The summed E-state index contributed by atoms with van der Waals surface area (Å²) in [6.07, 6.45) is 0. The van der Waals surface area contributed by atoms with E-state index in [0.29, 0.717) is 33.2 Å². The number of hydrogen-bond acceptors (Lipinski definition) is 3. The minimum absolute atomic E-state index is 0.164. The lowest BCUT2D eigenvalue weighted by Crippen LogP contribution is -2.12. The fourth-order valence-electron chi connectivity index (χ4n) is 2.63. The third-order valence-electron chi connectivity index (χ3n) is 3.86. The van der Waals surface area contributed by atoms with Gasteiger partial charge in [0, 0.05) is 15.8 Å². The third kappa shape index (κ3) is 4.23. The monoisotopic (exact) mass is 406 g/mol. The molecule has 0 unspecified atom stereocenters. The molecule has 3 aromatic rings. The molecule has 0 amide bonds. The molecule has 0 radical (unpaired) electrons. The second kappa shape index (κ2) is 8.16. The van der Waals surface area contributed by atoms with Crippen LogP contribution in [0.2, 0.25) is 10.0 Å². The van der Waals surface area contributed by atoms with Gasteiger partial charge in [-0.3, -0.25) is 0 Å². The Hall–Kier alpha value is -1.95. The lowest BCUT2D eigenvalue weighted by atomic mass is 10.2. The van der Waals surface area contributed by atoms with Crippen LogP contribution in [0.1, 0.15) is 27.3 Å². The van der Waals surface area contributed by atoms with Gasteiger partial charge in [0.1, 0.15) is 0 Å². The van der Waals surface area contributed by atoms with Crippen LogP contribution < -0.4 is 0 Å². The smallest absolute Gasteiger partial charge is 0.354 e. The number of hydrogen-bond donors (Lipinski definition) is 1. The van der Waals surface area contributed by atoms with E-state index in [2.05, 4.69) is 4.98 Å². The minimum atomic E-state index is -1.01. The average Bonchev–Trinajstić information content (AvgIpc) is 2.92. The summed E-state index contributed by atoms with van der Waals surface area (Å²) in [4.78, 5) is 16.2. The molecule has 0 spiro atoms. The van der Waals surface area contributed by atoms with E-state index in [1.165, 1.54) is 11.8 Å². The Morgan fingerprint density at radius 1 is 1.19 bits per heavy atom. The molecule has 0 saturated heterocycles. The van der Waals surface area contributed by atoms with Gasteiger partial charge in [-0.15, -0.1) is 0 Å². The molecule has 0 aliphatic heterocycles. The number of carbonyl (C=O) groups is 1. The Kier molecular flexibility index (Phi) is 5.91. The first kappa shape index (κ1) is 18.8. The van der Waals surface area contributed by atoms with Crippen LogP contribution in [0.15, 0.2) is 53.7 Å². The Balaban J connectivity index is 1.95. The summed E-state index contributed by atoms with van der Waals surface area (Å²) < 4.78 is 1.68. The highest BCUT2D eigenvalue weighted by atomic mass is 35.5. The summed E-state index contributed by atoms with van der Waals surface area (Å²) in [7, 11) is 0. The van der Waals surface area contributed by atoms with Gasteiger partial charge in [-0.05, 0) is 36.2 Å². The molecule has 1 N–H and O–H groups in total. The van der Waals surface area contributed by atoms with Crippen LogP contribution in [-0.2, 0) is 12.3 Å². The van der Waals surface area contributed by atoms with E-state index < -0.39 is 5.97 Å². The van der Waals surface area contributed by atoms with Crippen molar-refractivity contribution >= 4 is 40.9 Å². The molecule has 1 heterocycles. The maximum Gasteiger partial charge on any atom is 0.354 e. The molecule has 0 saturated carbocycles. The number of aryl methyl sites for hydroxylation is 1. The fourth-order valence-corrected chi connectivity index (χ4v) is 4.01. The van der Waals surface area contributed by atoms with E-state index in [9.17, 15) is 9.90 Å². The predicted octanol–water partition coefficient (Wildman–Crippen LogP) is 5.54. The van der Waals surface area contributed by atoms with E-state index in [1.54, 1.807) is 29.7 Å². The fraction of sp³-hybridized carbons (Fsp3) is 0.158. The zero-order valence-corrected chi connectivity index (χ0v) is 16.3. The van der Waals surface area contributed by atoms with Gasteiger partial charge in [0.2, 0.25) is 0 Å². The molecule has 2 aromatic carbocycles. The summed E-state index contributed by atoms with van der Waals surface area (Å²) in [6.45, 7) is 1.99. The van der Waals surface area contributed by atoms with Crippen LogP contribution >= 0.6 is 35.0 Å². The molecule has 0 aliphatic carbocycles. The van der Waals surface area contributed by atoms with Crippen LogP contribution in [0.3, 0.4) is 0 Å². The topological polar surface area (TPSA) is 55.1 Å². The number of carboxylic acid groups (broad SMARTS) is 1. The quantitative estimate of drug-likeness (QED) is 0.546. The van der Waals surface area contributed by atoms with Crippen molar-refractivity contribution in [2.45, 2.75) is 24.4 Å². The van der Waals surface area contributed by atoms with Crippen molar-refractivity contribution in [3.63, 3.8) is 0 Å². The Bertz CT molecular complexity index is 942. The molecule has 134 valence electrons. The highest BCUT2D eigenvalue weighted by Gasteiger charge is 2.21. The number of rotatable bonds is 6. The van der Waals surface area contributed by atoms with E-state index in [1.807, 2.05) is 30.3 Å². The standard InChI is InChI=1S/C19H16Cl2N2O2S/c1-12-17(18(24)25)23(10-14-9-15(20)7-8-16(14)21)19(22-12)26-11-13-5-3-2-4-6-13/h2-9H,10-11H2,1H3,(H,24,25). The molecule has 26 heavy (non-hydrogen) atoms. The molecule has 3 rings (SSSR count). The van der Waals surface area contributed by atoms with Crippen molar-refractivity contribution < 1.29 is 9.90 Å². The number of thioether (sulfide) groups is 1. The summed E-state index contributed by atoms with van der Waals surface area (Å²) in [6, 6.07) is 15.1. The summed E-state index contributed by atoms with van der Waals surface area (Å²) >= 11 is 13.8. The zero-order valence-electron chi connectivity index (χ0n) is 13.9. The summed E-state index contributed by atoms with van der Waals surface area (Å²) in [5.41, 5.74) is 2.53. The minimum Gasteiger partial charge on any atom is -0.477 e.